The molecular formula is C14H21BrN2O2S. The van der Waals surface area contributed by atoms with Crippen LogP contribution in [0.3, 0.4) is 0 Å². The second-order valence-electron chi connectivity index (χ2n) is 5.15. The minimum Gasteiger partial charge on any atom is -0.494 e. The first-order valence-electron chi connectivity index (χ1n) is 6.85. The fraction of sp³-hybridized carbons (Fsp3) is 0.643. The molecule has 1 aromatic rings. The largest absolute Gasteiger partial charge is 0.494 e. The van der Waals surface area contributed by atoms with Crippen molar-refractivity contribution in [2.45, 2.75) is 19.8 Å². The normalized spacial score (nSPS) is 19.2. The number of methoxy groups -OCH3 is 1. The summed E-state index contributed by atoms with van der Waals surface area (Å²) in [6, 6.07) is 0. The molecule has 0 unspecified atom stereocenters. The van der Waals surface area contributed by atoms with Crippen molar-refractivity contribution < 1.29 is 9.53 Å². The van der Waals surface area contributed by atoms with Crippen LogP contribution in [-0.4, -0.2) is 44.6 Å². The third-order valence-corrected chi connectivity index (χ3v) is 5.96. The molecule has 0 spiro atoms. The quantitative estimate of drug-likeness (QED) is 0.897. The van der Waals surface area contributed by atoms with E-state index in [1.54, 1.807) is 7.11 Å². The van der Waals surface area contributed by atoms with Gasteiger partial charge in [0.15, 0.2) is 5.75 Å². The van der Waals surface area contributed by atoms with Gasteiger partial charge in [0, 0.05) is 18.0 Å². The van der Waals surface area contributed by atoms with Crippen LogP contribution in [0, 0.1) is 12.8 Å². The van der Waals surface area contributed by atoms with Gasteiger partial charge in [-0.05, 0) is 55.2 Å². The number of hydrogen-bond donors (Lipinski definition) is 1. The van der Waals surface area contributed by atoms with Gasteiger partial charge in [-0.3, -0.25) is 4.79 Å². The second-order valence-corrected chi connectivity index (χ2v) is 7.17. The minimum absolute atomic E-state index is 0.0986. The molecule has 1 N–H and O–H groups in total. The fourth-order valence-electron chi connectivity index (χ4n) is 2.68. The van der Waals surface area contributed by atoms with Crippen molar-refractivity contribution in [2.24, 2.45) is 5.92 Å². The SMILES string of the molecule is CNC[C@@H]1CCCN(C(=O)c2sc(C)c(Br)c2OC)C1. The molecule has 0 aromatic carbocycles. The highest BCUT2D eigenvalue weighted by Gasteiger charge is 2.28. The molecule has 1 aliphatic heterocycles. The Balaban J connectivity index is 2.16. The highest BCUT2D eigenvalue weighted by atomic mass is 79.9. The third-order valence-electron chi connectivity index (χ3n) is 3.67. The number of thiophene rings is 1. The summed E-state index contributed by atoms with van der Waals surface area (Å²) in [4.78, 5) is 16.5. The van der Waals surface area contributed by atoms with E-state index >= 15 is 0 Å². The van der Waals surface area contributed by atoms with Crippen LogP contribution in [0.2, 0.25) is 0 Å². The molecule has 1 amide bonds. The van der Waals surface area contributed by atoms with Crippen LogP contribution in [-0.2, 0) is 0 Å². The van der Waals surface area contributed by atoms with Crippen molar-refractivity contribution in [2.75, 3.05) is 33.8 Å². The number of piperidine rings is 1. The van der Waals surface area contributed by atoms with Crippen LogP contribution >= 0.6 is 27.3 Å². The van der Waals surface area contributed by atoms with Crippen LogP contribution in [0.15, 0.2) is 4.47 Å². The van der Waals surface area contributed by atoms with Gasteiger partial charge in [0.2, 0.25) is 0 Å². The van der Waals surface area contributed by atoms with Gasteiger partial charge in [-0.1, -0.05) is 0 Å². The van der Waals surface area contributed by atoms with Crippen LogP contribution in [0.5, 0.6) is 5.75 Å². The predicted octanol–water partition coefficient (Wildman–Crippen LogP) is 2.90. The van der Waals surface area contributed by atoms with Crippen LogP contribution in [0.1, 0.15) is 27.4 Å². The Morgan fingerprint density at radius 2 is 2.35 bits per heavy atom. The highest BCUT2D eigenvalue weighted by molar-refractivity contribution is 9.10. The maximum absolute atomic E-state index is 12.7. The lowest BCUT2D eigenvalue weighted by molar-refractivity contribution is 0.0676. The lowest BCUT2D eigenvalue weighted by Gasteiger charge is -2.32. The fourth-order valence-corrected chi connectivity index (χ4v) is 4.39. The molecule has 2 heterocycles. The smallest absolute Gasteiger partial charge is 0.267 e. The van der Waals surface area contributed by atoms with E-state index in [1.807, 2.05) is 18.9 Å². The maximum atomic E-state index is 12.7. The van der Waals surface area contributed by atoms with E-state index in [0.29, 0.717) is 16.5 Å². The highest BCUT2D eigenvalue weighted by Crippen LogP contribution is 2.40. The summed E-state index contributed by atoms with van der Waals surface area (Å²) in [5.74, 6) is 1.32. The van der Waals surface area contributed by atoms with E-state index < -0.39 is 0 Å². The van der Waals surface area contributed by atoms with Crippen molar-refractivity contribution in [3.05, 3.63) is 14.2 Å². The second kappa shape index (κ2) is 6.91. The number of carbonyl (C=O) groups excluding carboxylic acids is 1. The van der Waals surface area contributed by atoms with E-state index in [9.17, 15) is 4.79 Å². The molecule has 4 nitrogen and oxygen atoms in total. The number of nitrogens with zero attached hydrogens (tertiary/aromatic N) is 1. The van der Waals surface area contributed by atoms with Crippen LogP contribution in [0.4, 0.5) is 0 Å². The monoisotopic (exact) mass is 360 g/mol. The number of ether oxygens (including phenoxy) is 1. The number of hydrogen-bond acceptors (Lipinski definition) is 4. The first-order chi connectivity index (χ1) is 9.58. The first kappa shape index (κ1) is 15.8. The molecule has 0 aliphatic carbocycles. The standard InChI is InChI=1S/C14H21BrN2O2S/c1-9-11(15)12(19-3)13(20-9)14(18)17-6-4-5-10(8-17)7-16-2/h10,16H,4-8H2,1-3H3/t10-/m0/s1. The molecule has 1 saturated heterocycles. The molecular weight excluding hydrogens is 340 g/mol. The average molecular weight is 361 g/mol. The Kier molecular flexibility index (Phi) is 5.46. The van der Waals surface area contributed by atoms with Crippen molar-refractivity contribution >= 4 is 33.2 Å². The molecule has 0 bridgehead atoms. The number of halogens is 1. The lowest BCUT2D eigenvalue weighted by atomic mass is 9.98. The van der Waals surface area contributed by atoms with Crippen LogP contribution < -0.4 is 10.1 Å². The summed E-state index contributed by atoms with van der Waals surface area (Å²) < 4.78 is 6.29. The number of amides is 1. The number of carbonyl (C=O) groups is 1. The Hall–Kier alpha value is -0.590. The number of aryl methyl sites for hydroxylation is 1. The summed E-state index contributed by atoms with van der Waals surface area (Å²) in [7, 11) is 3.58. The van der Waals surface area contributed by atoms with Gasteiger partial charge >= 0.3 is 0 Å². The van der Waals surface area contributed by atoms with E-state index in [2.05, 4.69) is 21.2 Å². The van der Waals surface area contributed by atoms with E-state index in [4.69, 9.17) is 4.74 Å². The van der Waals surface area contributed by atoms with Gasteiger partial charge in [0.05, 0.1) is 11.6 Å². The Morgan fingerprint density at radius 1 is 1.60 bits per heavy atom. The molecule has 1 aliphatic rings. The predicted molar refractivity (Wildman–Crippen MR) is 85.9 cm³/mol. The Labute approximate surface area is 132 Å². The van der Waals surface area contributed by atoms with Crippen LogP contribution in [0.25, 0.3) is 0 Å². The number of rotatable bonds is 4. The molecule has 1 fully saturated rings. The summed E-state index contributed by atoms with van der Waals surface area (Å²) in [6.45, 7) is 4.64. The Bertz CT molecular complexity index is 488. The molecule has 112 valence electrons. The first-order valence-corrected chi connectivity index (χ1v) is 8.46. The van der Waals surface area contributed by atoms with Gasteiger partial charge in [0.1, 0.15) is 4.88 Å². The number of nitrogens with one attached hydrogen (secondary N) is 1. The van der Waals surface area contributed by atoms with Gasteiger partial charge in [0.25, 0.3) is 5.91 Å². The topological polar surface area (TPSA) is 41.6 Å². The summed E-state index contributed by atoms with van der Waals surface area (Å²) in [6.07, 6.45) is 2.26. The summed E-state index contributed by atoms with van der Waals surface area (Å²) in [5.41, 5.74) is 0. The maximum Gasteiger partial charge on any atom is 0.267 e. The lowest BCUT2D eigenvalue weighted by Crippen LogP contribution is -2.42. The zero-order valence-electron chi connectivity index (χ0n) is 12.2. The van der Waals surface area contributed by atoms with Crippen molar-refractivity contribution in [1.82, 2.24) is 10.2 Å². The van der Waals surface area contributed by atoms with E-state index in [1.165, 1.54) is 17.8 Å². The van der Waals surface area contributed by atoms with E-state index in [0.717, 1.165) is 35.4 Å². The van der Waals surface area contributed by atoms with E-state index in [-0.39, 0.29) is 5.91 Å². The zero-order chi connectivity index (χ0) is 14.7. The number of likely N-dealkylation sites (tertiary alicyclic amines) is 1. The third kappa shape index (κ3) is 3.18. The Morgan fingerprint density at radius 3 is 3.00 bits per heavy atom. The van der Waals surface area contributed by atoms with Gasteiger partial charge < -0.3 is 15.0 Å². The molecule has 0 saturated carbocycles. The van der Waals surface area contributed by atoms with Gasteiger partial charge in [-0.15, -0.1) is 11.3 Å². The summed E-state index contributed by atoms with van der Waals surface area (Å²) in [5, 5.41) is 3.20. The molecule has 6 heteroatoms. The molecule has 1 atom stereocenters. The molecule has 0 radical (unpaired) electrons. The molecule has 1 aromatic heterocycles. The van der Waals surface area contributed by atoms with Gasteiger partial charge in [-0.2, -0.15) is 0 Å². The zero-order valence-corrected chi connectivity index (χ0v) is 14.6. The van der Waals surface area contributed by atoms with Crippen molar-refractivity contribution in [1.29, 1.82) is 0 Å². The minimum atomic E-state index is 0.0986. The summed E-state index contributed by atoms with van der Waals surface area (Å²) >= 11 is 5.00. The van der Waals surface area contributed by atoms with Gasteiger partial charge in [-0.25, -0.2) is 0 Å². The van der Waals surface area contributed by atoms with Crippen molar-refractivity contribution in [3.63, 3.8) is 0 Å². The van der Waals surface area contributed by atoms with Crippen molar-refractivity contribution in [3.8, 4) is 5.75 Å². The molecule has 2 rings (SSSR count). The average Bonchev–Trinajstić information content (AvgIpc) is 2.74. The molecule has 20 heavy (non-hydrogen) atoms.